The minimum absolute atomic E-state index is 0.331. The second kappa shape index (κ2) is 7.84. The molecular formula is C22H25N3O3. The summed E-state index contributed by atoms with van der Waals surface area (Å²) in [7, 11) is 0. The van der Waals surface area contributed by atoms with Crippen molar-refractivity contribution in [3.05, 3.63) is 65.2 Å². The largest absolute Gasteiger partial charge is 0.325 e. The number of amides is 4. The molecule has 0 radical (unpaired) electrons. The van der Waals surface area contributed by atoms with Gasteiger partial charge in [-0.1, -0.05) is 55.3 Å². The third-order valence-corrected chi connectivity index (χ3v) is 4.98. The van der Waals surface area contributed by atoms with Crippen LogP contribution in [0, 0.1) is 6.92 Å². The molecule has 6 nitrogen and oxygen atoms in total. The van der Waals surface area contributed by atoms with Crippen LogP contribution in [0.2, 0.25) is 0 Å². The highest BCUT2D eigenvalue weighted by Crippen LogP contribution is 2.29. The van der Waals surface area contributed by atoms with E-state index in [4.69, 9.17) is 0 Å². The van der Waals surface area contributed by atoms with Crippen molar-refractivity contribution in [2.24, 2.45) is 0 Å². The summed E-state index contributed by atoms with van der Waals surface area (Å²) in [5.74, 6) is -0.852. The van der Waals surface area contributed by atoms with Crippen molar-refractivity contribution in [2.75, 3.05) is 11.9 Å². The van der Waals surface area contributed by atoms with Gasteiger partial charge in [-0.2, -0.15) is 0 Å². The Balaban J connectivity index is 1.71. The Morgan fingerprint density at radius 1 is 1.07 bits per heavy atom. The number of carbonyl (C=O) groups excluding carboxylic acids is 3. The van der Waals surface area contributed by atoms with Crippen molar-refractivity contribution < 1.29 is 14.4 Å². The molecule has 146 valence electrons. The van der Waals surface area contributed by atoms with E-state index < -0.39 is 23.4 Å². The molecule has 0 saturated carbocycles. The van der Waals surface area contributed by atoms with Gasteiger partial charge in [-0.25, -0.2) is 4.79 Å². The molecule has 28 heavy (non-hydrogen) atoms. The van der Waals surface area contributed by atoms with E-state index in [9.17, 15) is 14.4 Å². The predicted molar refractivity (Wildman–Crippen MR) is 108 cm³/mol. The van der Waals surface area contributed by atoms with Gasteiger partial charge in [0, 0.05) is 5.69 Å². The van der Waals surface area contributed by atoms with Crippen LogP contribution < -0.4 is 10.6 Å². The molecule has 0 unspecified atom stereocenters. The molecule has 1 heterocycles. The number of hydrogen-bond donors (Lipinski definition) is 2. The highest BCUT2D eigenvalue weighted by Gasteiger charge is 2.49. The molecule has 1 aliphatic rings. The highest BCUT2D eigenvalue weighted by molar-refractivity contribution is 6.10. The average Bonchev–Trinajstić information content (AvgIpc) is 2.88. The van der Waals surface area contributed by atoms with Gasteiger partial charge in [0.05, 0.1) is 0 Å². The van der Waals surface area contributed by atoms with E-state index in [1.54, 1.807) is 19.1 Å². The first-order valence-corrected chi connectivity index (χ1v) is 9.43. The zero-order valence-corrected chi connectivity index (χ0v) is 16.4. The monoisotopic (exact) mass is 379 g/mol. The summed E-state index contributed by atoms with van der Waals surface area (Å²) >= 11 is 0. The Kier molecular flexibility index (Phi) is 5.49. The van der Waals surface area contributed by atoms with Crippen LogP contribution in [-0.2, 0) is 21.5 Å². The van der Waals surface area contributed by atoms with E-state index in [0.717, 1.165) is 23.3 Å². The Morgan fingerprint density at radius 3 is 2.32 bits per heavy atom. The Hall–Kier alpha value is -3.15. The molecule has 2 aromatic carbocycles. The minimum Gasteiger partial charge on any atom is -0.325 e. The Labute approximate surface area is 164 Å². The SMILES string of the molecule is CCCc1ccc([C@]2(C)NC(=O)N(CC(=O)Nc3ccc(C)cc3)C2=O)cc1. The number of imide groups is 1. The number of anilines is 1. The molecule has 1 fully saturated rings. The van der Waals surface area contributed by atoms with Crippen molar-refractivity contribution in [3.63, 3.8) is 0 Å². The molecule has 0 aromatic heterocycles. The van der Waals surface area contributed by atoms with E-state index in [0.29, 0.717) is 11.3 Å². The maximum atomic E-state index is 12.9. The maximum Gasteiger partial charge on any atom is 0.325 e. The molecule has 3 rings (SSSR count). The van der Waals surface area contributed by atoms with Crippen LogP contribution in [0.3, 0.4) is 0 Å². The minimum atomic E-state index is -1.17. The first kappa shape index (κ1) is 19.6. The van der Waals surface area contributed by atoms with Crippen molar-refractivity contribution in [1.29, 1.82) is 0 Å². The van der Waals surface area contributed by atoms with Gasteiger partial charge in [0.25, 0.3) is 5.91 Å². The molecule has 0 bridgehead atoms. The van der Waals surface area contributed by atoms with Gasteiger partial charge in [0.2, 0.25) is 5.91 Å². The number of hydrogen-bond acceptors (Lipinski definition) is 3. The standard InChI is InChI=1S/C22H25N3O3/c1-4-5-16-8-10-17(11-9-16)22(3)20(27)25(21(28)24-22)14-19(26)23-18-12-6-15(2)7-13-18/h6-13H,4-5,14H2,1-3H3,(H,23,26)(H,24,28)/t22-/m0/s1. The third-order valence-electron chi connectivity index (χ3n) is 4.98. The average molecular weight is 379 g/mol. The van der Waals surface area contributed by atoms with Crippen LogP contribution in [0.15, 0.2) is 48.5 Å². The first-order valence-electron chi connectivity index (χ1n) is 9.43. The number of rotatable bonds is 6. The molecule has 1 saturated heterocycles. The zero-order valence-electron chi connectivity index (χ0n) is 16.4. The summed E-state index contributed by atoms with van der Waals surface area (Å²) in [6, 6.07) is 14.4. The second-order valence-electron chi connectivity index (χ2n) is 7.31. The molecule has 2 N–H and O–H groups in total. The number of benzene rings is 2. The summed E-state index contributed by atoms with van der Waals surface area (Å²) in [6.45, 7) is 5.39. The van der Waals surface area contributed by atoms with Crippen molar-refractivity contribution >= 4 is 23.5 Å². The quantitative estimate of drug-likeness (QED) is 0.756. The van der Waals surface area contributed by atoms with E-state index in [1.807, 2.05) is 43.3 Å². The van der Waals surface area contributed by atoms with Crippen LogP contribution in [0.25, 0.3) is 0 Å². The lowest BCUT2D eigenvalue weighted by atomic mass is 9.91. The van der Waals surface area contributed by atoms with Gasteiger partial charge in [-0.3, -0.25) is 14.5 Å². The predicted octanol–water partition coefficient (Wildman–Crippen LogP) is 3.35. The van der Waals surface area contributed by atoms with Gasteiger partial charge >= 0.3 is 6.03 Å². The number of urea groups is 1. The number of nitrogens with one attached hydrogen (secondary N) is 2. The summed E-state index contributed by atoms with van der Waals surface area (Å²) in [5, 5.41) is 5.44. The maximum absolute atomic E-state index is 12.9. The zero-order chi connectivity index (χ0) is 20.3. The molecular weight excluding hydrogens is 354 g/mol. The van der Waals surface area contributed by atoms with E-state index >= 15 is 0 Å². The second-order valence-corrected chi connectivity index (χ2v) is 7.31. The summed E-state index contributed by atoms with van der Waals surface area (Å²) < 4.78 is 0. The number of carbonyl (C=O) groups is 3. The van der Waals surface area contributed by atoms with E-state index in [-0.39, 0.29) is 6.54 Å². The highest BCUT2D eigenvalue weighted by atomic mass is 16.2. The lowest BCUT2D eigenvalue weighted by molar-refractivity contribution is -0.133. The van der Waals surface area contributed by atoms with E-state index in [2.05, 4.69) is 17.6 Å². The fourth-order valence-electron chi connectivity index (χ4n) is 3.31. The van der Waals surface area contributed by atoms with Gasteiger partial charge in [-0.15, -0.1) is 0 Å². The van der Waals surface area contributed by atoms with Crippen molar-refractivity contribution in [2.45, 2.75) is 39.2 Å². The molecule has 4 amide bonds. The van der Waals surface area contributed by atoms with Crippen LogP contribution in [-0.4, -0.2) is 29.3 Å². The topological polar surface area (TPSA) is 78.5 Å². The lowest BCUT2D eigenvalue weighted by Crippen LogP contribution is -2.42. The van der Waals surface area contributed by atoms with Crippen LogP contribution >= 0.6 is 0 Å². The lowest BCUT2D eigenvalue weighted by Gasteiger charge is -2.22. The van der Waals surface area contributed by atoms with Gasteiger partial charge < -0.3 is 10.6 Å². The van der Waals surface area contributed by atoms with Crippen LogP contribution in [0.5, 0.6) is 0 Å². The molecule has 1 aliphatic heterocycles. The van der Waals surface area contributed by atoms with Crippen molar-refractivity contribution in [1.82, 2.24) is 10.2 Å². The van der Waals surface area contributed by atoms with Gasteiger partial charge in [0.15, 0.2) is 0 Å². The van der Waals surface area contributed by atoms with Gasteiger partial charge in [0.1, 0.15) is 12.1 Å². The molecule has 2 aromatic rings. The summed E-state index contributed by atoms with van der Waals surface area (Å²) in [6.07, 6.45) is 2.00. The fraction of sp³-hybridized carbons (Fsp3) is 0.318. The van der Waals surface area contributed by atoms with Crippen molar-refractivity contribution in [3.8, 4) is 0 Å². The van der Waals surface area contributed by atoms with E-state index in [1.165, 1.54) is 5.56 Å². The summed E-state index contributed by atoms with van der Waals surface area (Å²) in [5.41, 5.74) is 2.41. The Bertz CT molecular complexity index is 890. The smallest absolute Gasteiger partial charge is 0.325 e. The Morgan fingerprint density at radius 2 is 1.71 bits per heavy atom. The van der Waals surface area contributed by atoms with Gasteiger partial charge in [-0.05, 0) is 43.5 Å². The first-order chi connectivity index (χ1) is 13.3. The third kappa shape index (κ3) is 3.91. The number of aryl methyl sites for hydroxylation is 2. The molecule has 1 atom stereocenters. The van der Waals surface area contributed by atoms with Crippen LogP contribution in [0.4, 0.5) is 10.5 Å². The molecule has 0 spiro atoms. The normalized spacial score (nSPS) is 18.9. The fourth-order valence-corrected chi connectivity index (χ4v) is 3.31. The number of nitrogens with zero attached hydrogens (tertiary/aromatic N) is 1. The summed E-state index contributed by atoms with van der Waals surface area (Å²) in [4.78, 5) is 38.6. The molecule has 6 heteroatoms. The van der Waals surface area contributed by atoms with Crippen LogP contribution in [0.1, 0.15) is 37.0 Å². The molecule has 0 aliphatic carbocycles.